The molecule has 0 atom stereocenters. The Morgan fingerprint density at radius 3 is 2.44 bits per heavy atom. The molecule has 0 radical (unpaired) electrons. The number of nitrogens with two attached hydrogens (primary N) is 1. The van der Waals surface area contributed by atoms with E-state index in [4.69, 9.17) is 10.8 Å². The number of alkyl halides is 3. The van der Waals surface area contributed by atoms with Crippen molar-refractivity contribution in [3.63, 3.8) is 0 Å². The molecule has 10 heteroatoms. The molecule has 0 saturated carbocycles. The number of halogens is 3. The van der Waals surface area contributed by atoms with Crippen molar-refractivity contribution >= 4 is 28.5 Å². The van der Waals surface area contributed by atoms with Crippen molar-refractivity contribution in [1.82, 2.24) is 9.97 Å². The first-order valence-corrected chi connectivity index (χ1v) is 7.62. The number of benzene rings is 2. The Bertz CT molecular complexity index is 1080. The predicted octanol–water partition coefficient (Wildman–Crippen LogP) is 2.83. The maximum Gasteiger partial charge on any atom is 0.419 e. The van der Waals surface area contributed by atoms with Gasteiger partial charge in [-0.1, -0.05) is 12.1 Å². The van der Waals surface area contributed by atoms with Gasteiger partial charge in [0.05, 0.1) is 22.0 Å². The molecule has 0 aliphatic heterocycles. The highest BCUT2D eigenvalue weighted by Gasteiger charge is 2.37. The Labute approximate surface area is 149 Å². The van der Waals surface area contributed by atoms with E-state index >= 15 is 0 Å². The molecule has 5 N–H and O–H groups in total. The van der Waals surface area contributed by atoms with Gasteiger partial charge in [-0.3, -0.25) is 9.78 Å². The number of nitrogen functional groups attached to an aromatic ring is 1. The molecule has 0 spiro atoms. The number of aromatic amines is 1. The molecular formula is C17H13F3N4O3. The third kappa shape index (κ3) is 3.68. The van der Waals surface area contributed by atoms with Crippen molar-refractivity contribution in [2.75, 3.05) is 11.1 Å². The first kappa shape index (κ1) is 18.2. The fourth-order valence-corrected chi connectivity index (χ4v) is 2.66. The summed E-state index contributed by atoms with van der Waals surface area (Å²) in [5, 5.41) is 10.9. The van der Waals surface area contributed by atoms with E-state index in [1.807, 2.05) is 0 Å². The topological polar surface area (TPSA) is 121 Å². The van der Waals surface area contributed by atoms with Crippen LogP contribution in [0.25, 0.3) is 10.9 Å². The number of nitrogens with zero attached hydrogens (tertiary/aromatic N) is 1. The second-order valence-electron chi connectivity index (χ2n) is 5.69. The van der Waals surface area contributed by atoms with Crippen molar-refractivity contribution < 1.29 is 23.1 Å². The molecule has 2 aromatic carbocycles. The molecule has 0 aliphatic rings. The molecule has 1 heterocycles. The van der Waals surface area contributed by atoms with Gasteiger partial charge < -0.3 is 16.2 Å². The van der Waals surface area contributed by atoms with Gasteiger partial charge in [0.2, 0.25) is 5.95 Å². The zero-order valence-electron chi connectivity index (χ0n) is 13.6. The number of fused-ring (bicyclic) bond motifs is 1. The average molecular weight is 378 g/mol. The van der Waals surface area contributed by atoms with Crippen LogP contribution in [0.3, 0.4) is 0 Å². The zero-order chi connectivity index (χ0) is 19.8. The lowest BCUT2D eigenvalue weighted by Gasteiger charge is -2.16. The molecule has 0 saturated heterocycles. The molecule has 0 bridgehead atoms. The molecule has 3 rings (SSSR count). The smallest absolute Gasteiger partial charge is 0.419 e. The predicted molar refractivity (Wildman–Crippen MR) is 92.5 cm³/mol. The Kier molecular flexibility index (Phi) is 4.48. The van der Waals surface area contributed by atoms with Gasteiger partial charge in [-0.25, -0.2) is 9.78 Å². The summed E-state index contributed by atoms with van der Waals surface area (Å²) in [4.78, 5) is 28.7. The summed E-state index contributed by atoms with van der Waals surface area (Å²) in [5.74, 6) is -1.38. The van der Waals surface area contributed by atoms with Crippen LogP contribution in [0.15, 0.2) is 41.2 Å². The Hall–Kier alpha value is -3.56. The highest BCUT2D eigenvalue weighted by Crippen LogP contribution is 2.38. The monoisotopic (exact) mass is 378 g/mol. The number of rotatable bonds is 4. The number of aromatic carboxylic acids is 1. The summed E-state index contributed by atoms with van der Waals surface area (Å²) < 4.78 is 40.8. The Morgan fingerprint density at radius 1 is 1.19 bits per heavy atom. The van der Waals surface area contributed by atoms with Crippen LogP contribution in [0.1, 0.15) is 21.5 Å². The van der Waals surface area contributed by atoms with Crippen LogP contribution in [-0.4, -0.2) is 21.0 Å². The quantitative estimate of drug-likeness (QED) is 0.554. The third-order valence-corrected chi connectivity index (χ3v) is 3.86. The normalized spacial score (nSPS) is 11.5. The van der Waals surface area contributed by atoms with Crippen LogP contribution in [-0.2, 0) is 12.7 Å². The second-order valence-corrected chi connectivity index (χ2v) is 5.69. The van der Waals surface area contributed by atoms with Gasteiger partial charge in [-0.05, 0) is 29.8 Å². The van der Waals surface area contributed by atoms with Crippen LogP contribution in [0.4, 0.5) is 24.8 Å². The van der Waals surface area contributed by atoms with E-state index in [1.165, 1.54) is 36.4 Å². The fraction of sp³-hybridized carbons (Fsp3) is 0.118. The number of hydrogen-bond acceptors (Lipinski definition) is 5. The summed E-state index contributed by atoms with van der Waals surface area (Å²) in [6, 6.07) is 8.11. The largest absolute Gasteiger partial charge is 0.478 e. The van der Waals surface area contributed by atoms with Gasteiger partial charge in [-0.2, -0.15) is 13.2 Å². The van der Waals surface area contributed by atoms with Gasteiger partial charge in [0.15, 0.2) is 0 Å². The standard InChI is InChI=1S/C17H13F3N4O3/c18-17(19,20)13-11(6-5-10-12(13)14(25)24-16(21)23-10)22-7-8-1-3-9(4-2-8)15(26)27/h1-6,22H,7H2,(H,26,27)(H3,21,23,24,25). The van der Waals surface area contributed by atoms with Crippen LogP contribution < -0.4 is 16.6 Å². The maximum atomic E-state index is 13.6. The van der Waals surface area contributed by atoms with E-state index in [0.29, 0.717) is 5.56 Å². The van der Waals surface area contributed by atoms with E-state index < -0.39 is 28.7 Å². The lowest BCUT2D eigenvalue weighted by Crippen LogP contribution is -2.19. The fourth-order valence-electron chi connectivity index (χ4n) is 2.66. The van der Waals surface area contributed by atoms with Crippen LogP contribution in [0.2, 0.25) is 0 Å². The van der Waals surface area contributed by atoms with Crippen LogP contribution in [0.5, 0.6) is 0 Å². The molecule has 0 fully saturated rings. The summed E-state index contributed by atoms with van der Waals surface area (Å²) >= 11 is 0. The molecular weight excluding hydrogens is 365 g/mol. The molecule has 3 aromatic rings. The first-order valence-electron chi connectivity index (χ1n) is 7.62. The van der Waals surface area contributed by atoms with Crippen molar-refractivity contribution in [2.45, 2.75) is 12.7 Å². The van der Waals surface area contributed by atoms with E-state index in [9.17, 15) is 22.8 Å². The summed E-state index contributed by atoms with van der Waals surface area (Å²) in [6.45, 7) is -0.00517. The van der Waals surface area contributed by atoms with Gasteiger partial charge in [0.1, 0.15) is 0 Å². The SMILES string of the molecule is Nc1nc2ccc(NCc3ccc(C(=O)O)cc3)c(C(F)(F)F)c2c(=O)[nH]1. The van der Waals surface area contributed by atoms with Crippen LogP contribution in [0, 0.1) is 0 Å². The number of H-pyrrole nitrogens is 1. The summed E-state index contributed by atoms with van der Waals surface area (Å²) in [7, 11) is 0. The molecule has 140 valence electrons. The van der Waals surface area contributed by atoms with Crippen molar-refractivity contribution in [3.05, 3.63) is 63.4 Å². The molecule has 0 unspecified atom stereocenters. The molecule has 27 heavy (non-hydrogen) atoms. The number of anilines is 2. The number of carboxylic acids is 1. The highest BCUT2D eigenvalue weighted by molar-refractivity contribution is 5.88. The number of nitrogens with one attached hydrogen (secondary N) is 2. The van der Waals surface area contributed by atoms with E-state index in [-0.39, 0.29) is 29.3 Å². The number of carbonyl (C=O) groups is 1. The Balaban J connectivity index is 2.01. The lowest BCUT2D eigenvalue weighted by molar-refractivity contribution is -0.135. The molecule has 0 aliphatic carbocycles. The lowest BCUT2D eigenvalue weighted by atomic mass is 10.1. The minimum absolute atomic E-state index is 0.00517. The number of aromatic nitrogens is 2. The average Bonchev–Trinajstić information content (AvgIpc) is 2.59. The van der Waals surface area contributed by atoms with Crippen molar-refractivity contribution in [1.29, 1.82) is 0 Å². The van der Waals surface area contributed by atoms with E-state index in [2.05, 4.69) is 15.3 Å². The number of carboxylic acid groups (broad SMARTS) is 1. The van der Waals surface area contributed by atoms with Gasteiger partial charge in [0, 0.05) is 12.2 Å². The van der Waals surface area contributed by atoms with Gasteiger partial charge in [-0.15, -0.1) is 0 Å². The first-order chi connectivity index (χ1) is 12.7. The van der Waals surface area contributed by atoms with E-state index in [1.54, 1.807) is 0 Å². The minimum atomic E-state index is -4.81. The zero-order valence-corrected chi connectivity index (χ0v) is 13.6. The molecule has 7 nitrogen and oxygen atoms in total. The minimum Gasteiger partial charge on any atom is -0.478 e. The van der Waals surface area contributed by atoms with Crippen molar-refractivity contribution in [2.24, 2.45) is 0 Å². The number of hydrogen-bond donors (Lipinski definition) is 4. The van der Waals surface area contributed by atoms with Gasteiger partial charge >= 0.3 is 12.1 Å². The van der Waals surface area contributed by atoms with E-state index in [0.717, 1.165) is 0 Å². The highest BCUT2D eigenvalue weighted by atomic mass is 19.4. The van der Waals surface area contributed by atoms with Crippen LogP contribution >= 0.6 is 0 Å². The summed E-state index contributed by atoms with van der Waals surface area (Å²) in [5.41, 5.74) is 3.42. The summed E-state index contributed by atoms with van der Waals surface area (Å²) in [6.07, 6.45) is -4.81. The second kappa shape index (κ2) is 6.63. The van der Waals surface area contributed by atoms with Gasteiger partial charge in [0.25, 0.3) is 5.56 Å². The molecule has 1 aromatic heterocycles. The Morgan fingerprint density at radius 2 is 1.85 bits per heavy atom. The third-order valence-electron chi connectivity index (χ3n) is 3.86. The van der Waals surface area contributed by atoms with Crippen molar-refractivity contribution in [3.8, 4) is 0 Å². The maximum absolute atomic E-state index is 13.6. The molecule has 0 amide bonds.